The number of aromatic nitrogens is 4. The predicted octanol–water partition coefficient (Wildman–Crippen LogP) is 0.770. The lowest BCUT2D eigenvalue weighted by Crippen LogP contribution is -2.14. The molecule has 0 aliphatic heterocycles. The molecule has 8 nitrogen and oxygen atoms in total. The highest BCUT2D eigenvalue weighted by molar-refractivity contribution is 6.11. The quantitative estimate of drug-likeness (QED) is 0.542. The lowest BCUT2D eigenvalue weighted by Gasteiger charge is -2.05. The summed E-state index contributed by atoms with van der Waals surface area (Å²) in [6.07, 6.45) is 1.46. The van der Waals surface area contributed by atoms with Gasteiger partial charge in [-0.05, 0) is 18.2 Å². The summed E-state index contributed by atoms with van der Waals surface area (Å²) in [5.74, 6) is 0.319. The van der Waals surface area contributed by atoms with Gasteiger partial charge in [0.25, 0.3) is 5.91 Å². The molecule has 1 amide bonds. The monoisotopic (exact) mass is 269 g/mol. The molecule has 3 rings (SSSR count). The maximum absolute atomic E-state index is 12.2. The molecular weight excluding hydrogens is 258 g/mol. The maximum atomic E-state index is 12.2. The van der Waals surface area contributed by atoms with E-state index in [0.29, 0.717) is 22.4 Å². The number of carbonyl (C=O) groups is 1. The van der Waals surface area contributed by atoms with Gasteiger partial charge in [0, 0.05) is 6.20 Å². The molecule has 0 aliphatic rings. The van der Waals surface area contributed by atoms with Gasteiger partial charge in [-0.1, -0.05) is 6.07 Å². The normalized spacial score (nSPS) is 10.6. The number of H-pyrrole nitrogens is 1. The van der Waals surface area contributed by atoms with Crippen LogP contribution in [0.15, 0.2) is 30.5 Å². The molecule has 0 aliphatic carbocycles. The number of nitrogens with zero attached hydrogens (tertiary/aromatic N) is 3. The maximum Gasteiger partial charge on any atom is 0.259 e. The van der Waals surface area contributed by atoms with Crippen molar-refractivity contribution in [2.45, 2.75) is 0 Å². The molecular formula is C12H11N7O. The molecule has 8 heteroatoms. The second-order valence-corrected chi connectivity index (χ2v) is 4.08. The van der Waals surface area contributed by atoms with Crippen molar-refractivity contribution >= 4 is 34.7 Å². The van der Waals surface area contributed by atoms with Crippen molar-refractivity contribution in [1.29, 1.82) is 0 Å². The molecule has 0 atom stereocenters. The third-order valence-corrected chi connectivity index (χ3v) is 2.69. The fraction of sp³-hybridized carbons (Fsp3) is 0. The Morgan fingerprint density at radius 1 is 1.20 bits per heavy atom. The Morgan fingerprint density at radius 3 is 2.85 bits per heavy atom. The first-order valence-corrected chi connectivity index (χ1v) is 5.77. The van der Waals surface area contributed by atoms with Crippen molar-refractivity contribution in [3.05, 3.63) is 36.0 Å². The molecule has 0 saturated heterocycles. The number of carbonyl (C=O) groups excluding carboxylic acids is 1. The number of anilines is 3. The van der Waals surface area contributed by atoms with Gasteiger partial charge in [0.1, 0.15) is 11.3 Å². The molecule has 3 aromatic rings. The third-order valence-electron chi connectivity index (χ3n) is 2.69. The van der Waals surface area contributed by atoms with Crippen molar-refractivity contribution in [3.8, 4) is 0 Å². The molecule has 1 aromatic carbocycles. The van der Waals surface area contributed by atoms with Crippen LogP contribution in [0.25, 0.3) is 11.0 Å². The highest BCUT2D eigenvalue weighted by atomic mass is 16.1. The van der Waals surface area contributed by atoms with E-state index in [2.05, 4.69) is 25.3 Å². The minimum Gasteiger partial charge on any atom is -0.369 e. The van der Waals surface area contributed by atoms with Crippen molar-refractivity contribution < 1.29 is 4.79 Å². The van der Waals surface area contributed by atoms with Crippen LogP contribution in [0, 0.1) is 0 Å². The molecule has 0 saturated carbocycles. The Kier molecular flexibility index (Phi) is 2.68. The fourth-order valence-electron chi connectivity index (χ4n) is 1.86. The molecule has 0 unspecified atom stereocenters. The van der Waals surface area contributed by atoms with Crippen molar-refractivity contribution in [1.82, 2.24) is 19.9 Å². The summed E-state index contributed by atoms with van der Waals surface area (Å²) in [7, 11) is 0. The molecule has 0 spiro atoms. The SMILES string of the molecule is Nc1nccc(NC(=O)c2cccc3[nH]c(N)nc23)n1. The van der Waals surface area contributed by atoms with E-state index in [1.807, 2.05) is 0 Å². The topological polar surface area (TPSA) is 136 Å². The summed E-state index contributed by atoms with van der Waals surface area (Å²) < 4.78 is 0. The number of hydrogen-bond donors (Lipinski definition) is 4. The summed E-state index contributed by atoms with van der Waals surface area (Å²) in [6.45, 7) is 0. The van der Waals surface area contributed by atoms with Crippen LogP contribution in [0.3, 0.4) is 0 Å². The van der Waals surface area contributed by atoms with Crippen LogP contribution in [-0.4, -0.2) is 25.8 Å². The van der Waals surface area contributed by atoms with E-state index in [9.17, 15) is 4.79 Å². The van der Waals surface area contributed by atoms with Crippen molar-refractivity contribution in [2.24, 2.45) is 0 Å². The number of hydrogen-bond acceptors (Lipinski definition) is 6. The van der Waals surface area contributed by atoms with Crippen LogP contribution >= 0.6 is 0 Å². The molecule has 100 valence electrons. The van der Waals surface area contributed by atoms with E-state index in [-0.39, 0.29) is 17.8 Å². The zero-order valence-corrected chi connectivity index (χ0v) is 10.3. The predicted molar refractivity (Wildman–Crippen MR) is 74.9 cm³/mol. The number of nitrogens with one attached hydrogen (secondary N) is 2. The smallest absolute Gasteiger partial charge is 0.259 e. The second-order valence-electron chi connectivity index (χ2n) is 4.08. The van der Waals surface area contributed by atoms with E-state index in [4.69, 9.17) is 11.5 Å². The molecule has 6 N–H and O–H groups in total. The Balaban J connectivity index is 1.96. The van der Waals surface area contributed by atoms with Crippen molar-refractivity contribution in [2.75, 3.05) is 16.8 Å². The highest BCUT2D eigenvalue weighted by Gasteiger charge is 2.13. The van der Waals surface area contributed by atoms with Gasteiger partial charge >= 0.3 is 0 Å². The Labute approximate surface area is 113 Å². The van der Waals surface area contributed by atoms with Crippen molar-refractivity contribution in [3.63, 3.8) is 0 Å². The number of rotatable bonds is 2. The average Bonchev–Trinajstić information content (AvgIpc) is 2.78. The van der Waals surface area contributed by atoms with E-state index >= 15 is 0 Å². The minimum absolute atomic E-state index is 0.0880. The molecule has 0 fully saturated rings. The first-order valence-electron chi connectivity index (χ1n) is 5.77. The van der Waals surface area contributed by atoms with Gasteiger partial charge in [-0.15, -0.1) is 0 Å². The largest absolute Gasteiger partial charge is 0.369 e. The zero-order valence-electron chi connectivity index (χ0n) is 10.3. The lowest BCUT2D eigenvalue weighted by atomic mass is 10.1. The summed E-state index contributed by atoms with van der Waals surface area (Å²) in [4.78, 5) is 26.9. The summed E-state index contributed by atoms with van der Waals surface area (Å²) in [5, 5.41) is 2.64. The zero-order chi connectivity index (χ0) is 14.1. The molecule has 2 heterocycles. The molecule has 0 bridgehead atoms. The first kappa shape index (κ1) is 11.9. The minimum atomic E-state index is -0.347. The second kappa shape index (κ2) is 4.50. The number of para-hydroxylation sites is 1. The Morgan fingerprint density at radius 2 is 2.05 bits per heavy atom. The van der Waals surface area contributed by atoms with Gasteiger partial charge in [-0.2, -0.15) is 4.98 Å². The van der Waals surface area contributed by atoms with Crippen LogP contribution in [0.1, 0.15) is 10.4 Å². The number of amides is 1. The number of nitrogens with two attached hydrogens (primary N) is 2. The van der Waals surface area contributed by atoms with Crippen LogP contribution in [0.4, 0.5) is 17.7 Å². The summed E-state index contributed by atoms with van der Waals surface area (Å²) in [5.41, 5.74) is 12.6. The molecule has 20 heavy (non-hydrogen) atoms. The number of nitrogen functional groups attached to an aromatic ring is 2. The van der Waals surface area contributed by atoms with E-state index < -0.39 is 0 Å². The summed E-state index contributed by atoms with van der Waals surface area (Å²) in [6, 6.07) is 6.73. The van der Waals surface area contributed by atoms with E-state index in [0.717, 1.165) is 0 Å². The summed E-state index contributed by atoms with van der Waals surface area (Å²) >= 11 is 0. The van der Waals surface area contributed by atoms with Gasteiger partial charge < -0.3 is 21.8 Å². The van der Waals surface area contributed by atoms with Gasteiger partial charge in [0.2, 0.25) is 5.95 Å². The third kappa shape index (κ3) is 2.09. The number of aromatic amines is 1. The van der Waals surface area contributed by atoms with Crippen LogP contribution in [-0.2, 0) is 0 Å². The standard InChI is InChI=1S/C12H11N7O/c13-11-15-5-4-8(18-11)17-10(20)6-2-1-3-7-9(6)19-12(14)16-7/h1-5H,(H3,14,16,19)(H3,13,15,17,18,20). The molecule has 2 aromatic heterocycles. The Bertz CT molecular complexity index is 795. The highest BCUT2D eigenvalue weighted by Crippen LogP contribution is 2.18. The van der Waals surface area contributed by atoms with Gasteiger partial charge in [0.15, 0.2) is 5.95 Å². The molecule has 0 radical (unpaired) electrons. The fourth-order valence-corrected chi connectivity index (χ4v) is 1.86. The average molecular weight is 269 g/mol. The first-order chi connectivity index (χ1) is 9.63. The number of benzene rings is 1. The van der Waals surface area contributed by atoms with Crippen LogP contribution < -0.4 is 16.8 Å². The lowest BCUT2D eigenvalue weighted by molar-refractivity contribution is 0.102. The number of fused-ring (bicyclic) bond motifs is 1. The van der Waals surface area contributed by atoms with Gasteiger partial charge in [-0.3, -0.25) is 4.79 Å². The van der Waals surface area contributed by atoms with E-state index in [1.165, 1.54) is 6.20 Å². The van der Waals surface area contributed by atoms with Crippen LogP contribution in [0.2, 0.25) is 0 Å². The number of imidazole rings is 1. The van der Waals surface area contributed by atoms with Gasteiger partial charge in [0.05, 0.1) is 11.1 Å². The van der Waals surface area contributed by atoms with Gasteiger partial charge in [-0.25, -0.2) is 9.97 Å². The van der Waals surface area contributed by atoms with E-state index in [1.54, 1.807) is 24.3 Å². The van der Waals surface area contributed by atoms with Crippen LogP contribution in [0.5, 0.6) is 0 Å². The Hall–Kier alpha value is -3.16.